The highest BCUT2D eigenvalue weighted by Crippen LogP contribution is 2.29. The minimum atomic E-state index is -1.12. The highest BCUT2D eigenvalue weighted by Gasteiger charge is 2.10. The Kier molecular flexibility index (Phi) is 6.91. The molecule has 6 nitrogen and oxygen atoms in total. The summed E-state index contributed by atoms with van der Waals surface area (Å²) in [6.45, 7) is 2.44. The SMILES string of the molecule is CCOC(=Cc1ccc(OCCc2ccc(O)cc2)c(OC)c1)C(=O)O. The number of ether oxygens (including phenoxy) is 3. The van der Waals surface area contributed by atoms with Crippen LogP contribution >= 0.6 is 0 Å². The van der Waals surface area contributed by atoms with Gasteiger partial charge in [0.15, 0.2) is 11.5 Å². The van der Waals surface area contributed by atoms with Crippen molar-refractivity contribution in [1.82, 2.24) is 0 Å². The zero-order valence-corrected chi connectivity index (χ0v) is 14.8. The lowest BCUT2D eigenvalue weighted by molar-refractivity contribution is -0.136. The van der Waals surface area contributed by atoms with Gasteiger partial charge in [0.25, 0.3) is 0 Å². The van der Waals surface area contributed by atoms with Gasteiger partial charge in [-0.3, -0.25) is 0 Å². The summed E-state index contributed by atoms with van der Waals surface area (Å²) in [4.78, 5) is 11.1. The van der Waals surface area contributed by atoms with Crippen molar-refractivity contribution in [2.45, 2.75) is 13.3 Å². The molecule has 26 heavy (non-hydrogen) atoms. The van der Waals surface area contributed by atoms with E-state index in [1.54, 1.807) is 37.3 Å². The van der Waals surface area contributed by atoms with Crippen LogP contribution in [0.25, 0.3) is 6.08 Å². The van der Waals surface area contributed by atoms with E-state index >= 15 is 0 Å². The number of benzene rings is 2. The molecule has 0 fully saturated rings. The average molecular weight is 358 g/mol. The number of rotatable bonds is 9. The highest BCUT2D eigenvalue weighted by atomic mass is 16.5. The van der Waals surface area contributed by atoms with Gasteiger partial charge in [0, 0.05) is 6.42 Å². The maximum Gasteiger partial charge on any atom is 0.371 e. The Bertz CT molecular complexity index is 764. The Hall–Kier alpha value is -3.15. The maximum absolute atomic E-state index is 11.1. The van der Waals surface area contributed by atoms with Crippen LogP contribution in [0.3, 0.4) is 0 Å². The van der Waals surface area contributed by atoms with Gasteiger partial charge >= 0.3 is 5.97 Å². The van der Waals surface area contributed by atoms with E-state index in [1.165, 1.54) is 13.2 Å². The molecular weight excluding hydrogens is 336 g/mol. The van der Waals surface area contributed by atoms with Crippen LogP contribution in [0.15, 0.2) is 48.2 Å². The van der Waals surface area contributed by atoms with Crippen LogP contribution in [0.5, 0.6) is 17.2 Å². The fourth-order valence-electron chi connectivity index (χ4n) is 2.31. The van der Waals surface area contributed by atoms with Gasteiger partial charge in [0.05, 0.1) is 20.3 Å². The fourth-order valence-corrected chi connectivity index (χ4v) is 2.31. The number of carboxylic acids is 1. The molecule has 0 amide bonds. The zero-order valence-electron chi connectivity index (χ0n) is 14.8. The molecule has 0 aliphatic rings. The maximum atomic E-state index is 11.1. The largest absolute Gasteiger partial charge is 0.508 e. The number of phenols is 1. The molecule has 2 aromatic carbocycles. The summed E-state index contributed by atoms with van der Waals surface area (Å²) < 4.78 is 16.2. The van der Waals surface area contributed by atoms with Gasteiger partial charge in [0.1, 0.15) is 5.75 Å². The summed E-state index contributed by atoms with van der Waals surface area (Å²) in [5.74, 6) is 0.0470. The molecule has 0 bridgehead atoms. The molecule has 0 radical (unpaired) electrons. The zero-order chi connectivity index (χ0) is 18.9. The Morgan fingerprint density at radius 2 is 1.85 bits per heavy atom. The molecule has 0 spiro atoms. The predicted octanol–water partition coefficient (Wildman–Crippen LogP) is 3.48. The van der Waals surface area contributed by atoms with Crippen molar-refractivity contribution in [3.05, 3.63) is 59.4 Å². The van der Waals surface area contributed by atoms with Crippen molar-refractivity contribution in [2.75, 3.05) is 20.3 Å². The van der Waals surface area contributed by atoms with Gasteiger partial charge in [-0.15, -0.1) is 0 Å². The van der Waals surface area contributed by atoms with Gasteiger partial charge in [0.2, 0.25) is 5.76 Å². The van der Waals surface area contributed by atoms with E-state index in [2.05, 4.69) is 0 Å². The predicted molar refractivity (Wildman–Crippen MR) is 97.5 cm³/mol. The van der Waals surface area contributed by atoms with Crippen molar-refractivity contribution in [1.29, 1.82) is 0 Å². The number of methoxy groups -OCH3 is 1. The second kappa shape index (κ2) is 9.36. The Morgan fingerprint density at radius 3 is 2.46 bits per heavy atom. The molecule has 0 unspecified atom stereocenters. The first-order valence-corrected chi connectivity index (χ1v) is 8.20. The summed E-state index contributed by atoms with van der Waals surface area (Å²) >= 11 is 0. The lowest BCUT2D eigenvalue weighted by atomic mass is 10.1. The number of hydrogen-bond donors (Lipinski definition) is 2. The van der Waals surface area contributed by atoms with E-state index in [1.807, 2.05) is 12.1 Å². The third kappa shape index (κ3) is 5.44. The van der Waals surface area contributed by atoms with Crippen molar-refractivity contribution in [3.8, 4) is 17.2 Å². The Labute approximate surface area is 152 Å². The standard InChI is InChI=1S/C20H22O6/c1-3-25-19(20(22)23)13-15-6-9-17(18(12-15)24-2)26-11-10-14-4-7-16(21)8-5-14/h4-9,12-13,21H,3,10-11H2,1-2H3,(H,22,23). The molecule has 0 heterocycles. The number of carbonyl (C=O) groups is 1. The minimum Gasteiger partial charge on any atom is -0.508 e. The van der Waals surface area contributed by atoms with Crippen molar-refractivity contribution in [2.24, 2.45) is 0 Å². The smallest absolute Gasteiger partial charge is 0.371 e. The first-order valence-electron chi connectivity index (χ1n) is 8.20. The van der Waals surface area contributed by atoms with Gasteiger partial charge in [-0.1, -0.05) is 18.2 Å². The van der Waals surface area contributed by atoms with Crippen LogP contribution in [0.2, 0.25) is 0 Å². The van der Waals surface area contributed by atoms with E-state index in [9.17, 15) is 9.90 Å². The second-order valence-corrected chi connectivity index (χ2v) is 5.42. The van der Waals surface area contributed by atoms with Crippen LogP contribution in [0.4, 0.5) is 0 Å². The Morgan fingerprint density at radius 1 is 1.12 bits per heavy atom. The molecule has 0 atom stereocenters. The molecule has 138 valence electrons. The quantitative estimate of drug-likeness (QED) is 0.527. The second-order valence-electron chi connectivity index (χ2n) is 5.42. The summed E-state index contributed by atoms with van der Waals surface area (Å²) in [5, 5.41) is 18.4. The molecule has 2 aromatic rings. The molecule has 2 rings (SSSR count). The van der Waals surface area contributed by atoms with Gasteiger partial charge in [-0.05, 0) is 48.4 Å². The monoisotopic (exact) mass is 358 g/mol. The minimum absolute atomic E-state index is 0.129. The average Bonchev–Trinajstić information content (AvgIpc) is 2.63. The lowest BCUT2D eigenvalue weighted by Gasteiger charge is -2.12. The van der Waals surface area contributed by atoms with Gasteiger partial charge in [-0.25, -0.2) is 4.79 Å². The number of aromatic hydroxyl groups is 1. The van der Waals surface area contributed by atoms with Crippen molar-refractivity contribution < 1.29 is 29.2 Å². The molecule has 0 aromatic heterocycles. The van der Waals surface area contributed by atoms with Crippen molar-refractivity contribution in [3.63, 3.8) is 0 Å². The van der Waals surface area contributed by atoms with E-state index < -0.39 is 5.97 Å². The lowest BCUT2D eigenvalue weighted by Crippen LogP contribution is -2.05. The molecule has 0 saturated carbocycles. The van der Waals surface area contributed by atoms with E-state index in [4.69, 9.17) is 19.3 Å². The first kappa shape index (κ1) is 19.2. The number of hydrogen-bond acceptors (Lipinski definition) is 5. The van der Waals surface area contributed by atoms with Crippen LogP contribution < -0.4 is 9.47 Å². The number of phenolic OH excluding ortho intramolecular Hbond substituents is 1. The topological polar surface area (TPSA) is 85.2 Å². The summed E-state index contributed by atoms with van der Waals surface area (Å²) in [6.07, 6.45) is 2.12. The van der Waals surface area contributed by atoms with Crippen LogP contribution in [-0.4, -0.2) is 36.5 Å². The molecule has 0 aliphatic carbocycles. The highest BCUT2D eigenvalue weighted by molar-refractivity contribution is 5.90. The normalized spacial score (nSPS) is 11.1. The molecular formula is C20H22O6. The number of aliphatic carboxylic acids is 1. The van der Waals surface area contributed by atoms with Crippen molar-refractivity contribution >= 4 is 12.0 Å². The van der Waals surface area contributed by atoms with Gasteiger partial charge in [-0.2, -0.15) is 0 Å². The molecule has 2 N–H and O–H groups in total. The van der Waals surface area contributed by atoms with Gasteiger partial charge < -0.3 is 24.4 Å². The molecule has 6 heteroatoms. The third-order valence-corrected chi connectivity index (χ3v) is 3.58. The van der Waals surface area contributed by atoms with E-state index in [-0.39, 0.29) is 18.1 Å². The summed E-state index contributed by atoms with van der Waals surface area (Å²) in [7, 11) is 1.52. The fraction of sp³-hybridized carbons (Fsp3) is 0.250. The third-order valence-electron chi connectivity index (χ3n) is 3.58. The molecule has 0 saturated heterocycles. The van der Waals surface area contributed by atoms with Crippen LogP contribution in [-0.2, 0) is 16.0 Å². The first-order chi connectivity index (χ1) is 12.5. The molecule has 0 aliphatic heterocycles. The summed E-state index contributed by atoms with van der Waals surface area (Å²) in [6, 6.07) is 12.1. The van der Waals surface area contributed by atoms with Crippen LogP contribution in [0, 0.1) is 0 Å². The Balaban J connectivity index is 2.06. The van der Waals surface area contributed by atoms with E-state index in [0.29, 0.717) is 30.1 Å². The van der Waals surface area contributed by atoms with E-state index in [0.717, 1.165) is 5.56 Å². The van der Waals surface area contributed by atoms with Crippen LogP contribution in [0.1, 0.15) is 18.1 Å². The number of carboxylic acid groups (broad SMARTS) is 1. The summed E-state index contributed by atoms with van der Waals surface area (Å²) in [5.41, 5.74) is 1.68.